The van der Waals surface area contributed by atoms with E-state index in [2.05, 4.69) is 362 Å². The molecule has 0 atom stereocenters. The highest BCUT2D eigenvalue weighted by Gasteiger charge is 2.25. The highest BCUT2D eigenvalue weighted by atomic mass is 32.1. The molecule has 3 heterocycles. The van der Waals surface area contributed by atoms with E-state index >= 15 is 0 Å². The maximum atomic E-state index is 2.54. The van der Waals surface area contributed by atoms with Crippen LogP contribution in [0.5, 0.6) is 0 Å². The van der Waals surface area contributed by atoms with Crippen LogP contribution in [0.4, 0.5) is 0 Å². The molecule has 0 N–H and O–H groups in total. The van der Waals surface area contributed by atoms with Crippen molar-refractivity contribution in [2.24, 2.45) is 0 Å². The van der Waals surface area contributed by atoms with Crippen LogP contribution in [0.3, 0.4) is 0 Å². The number of nitrogens with zero attached hydrogens (tertiary/aromatic N) is 1. The molecule has 0 saturated heterocycles. The molecule has 2 heteroatoms. The van der Waals surface area contributed by atoms with Gasteiger partial charge in [-0.25, -0.2) is 0 Å². The van der Waals surface area contributed by atoms with Gasteiger partial charge in [0, 0.05) is 31.3 Å². The quantitative estimate of drug-likeness (QED) is 0.127. The van der Waals surface area contributed by atoms with E-state index in [1.54, 1.807) is 0 Å². The van der Waals surface area contributed by atoms with Gasteiger partial charge < -0.3 is 4.40 Å². The van der Waals surface area contributed by atoms with Crippen LogP contribution in [0.15, 0.2) is 358 Å². The average Bonchev–Trinajstić information content (AvgIpc) is 1.51. The number of hydrogen-bond donors (Lipinski definition) is 0. The second kappa shape index (κ2) is 22.4. The molecule has 0 amide bonds. The molecular weight excluding hydrogens is 1220 g/mol. The largest absolute Gasteiger partial charge is 0.308 e. The molecule has 0 unspecified atom stereocenters. The van der Waals surface area contributed by atoms with E-state index in [1.165, 1.54) is 212 Å². The zero-order chi connectivity index (χ0) is 65.5. The Balaban J connectivity index is 0.650. The summed E-state index contributed by atoms with van der Waals surface area (Å²) in [5.41, 5.74) is 23.5. The summed E-state index contributed by atoms with van der Waals surface area (Å²) < 4.78 is 2.54. The second-order valence-electron chi connectivity index (χ2n) is 26.8. The molecule has 0 bridgehead atoms. The van der Waals surface area contributed by atoms with Crippen molar-refractivity contribution in [3.63, 3.8) is 0 Å². The summed E-state index contributed by atoms with van der Waals surface area (Å²) in [7, 11) is 0. The lowest BCUT2D eigenvalue weighted by atomic mass is 9.83. The van der Waals surface area contributed by atoms with Crippen molar-refractivity contribution in [1.29, 1.82) is 0 Å². The molecular formula is C98H59NS. The number of thiophene rings is 1. The highest BCUT2D eigenvalue weighted by Crippen LogP contribution is 2.52. The smallest absolute Gasteiger partial charge is 0.0620 e. The van der Waals surface area contributed by atoms with Crippen LogP contribution < -0.4 is 0 Å². The second-order valence-corrected chi connectivity index (χ2v) is 27.9. The maximum absolute atomic E-state index is 2.54. The van der Waals surface area contributed by atoms with E-state index < -0.39 is 0 Å². The van der Waals surface area contributed by atoms with Gasteiger partial charge in [0.1, 0.15) is 0 Å². The van der Waals surface area contributed by atoms with Crippen LogP contribution in [0.25, 0.3) is 212 Å². The normalized spacial score (nSPS) is 12.0. The van der Waals surface area contributed by atoms with Gasteiger partial charge in [-0.15, -0.1) is 11.3 Å². The summed E-state index contributed by atoms with van der Waals surface area (Å²) in [6.07, 6.45) is 0. The average molecular weight is 1280 g/mol. The molecule has 0 spiro atoms. The third-order valence-electron chi connectivity index (χ3n) is 21.6. The van der Waals surface area contributed by atoms with Gasteiger partial charge in [-0.3, -0.25) is 0 Å². The summed E-state index contributed by atoms with van der Waals surface area (Å²) in [4.78, 5) is 2.48. The molecule has 0 aliphatic heterocycles. The van der Waals surface area contributed by atoms with E-state index in [-0.39, 0.29) is 0 Å². The fraction of sp³-hybridized carbons (Fsp3) is 0. The molecule has 0 aliphatic carbocycles. The van der Waals surface area contributed by atoms with Gasteiger partial charge in [-0.05, 0) is 201 Å². The summed E-state index contributed by atoms with van der Waals surface area (Å²) in [6.45, 7) is 0. The molecule has 0 aliphatic rings. The monoisotopic (exact) mass is 1280 g/mol. The van der Waals surface area contributed by atoms with E-state index in [0.29, 0.717) is 0 Å². The highest BCUT2D eigenvalue weighted by molar-refractivity contribution is 7.18. The summed E-state index contributed by atoms with van der Waals surface area (Å²) in [6, 6.07) is 134. The molecule has 21 rings (SSSR count). The topological polar surface area (TPSA) is 4.41 Å². The molecule has 1 nitrogen and oxygen atoms in total. The summed E-state index contributed by atoms with van der Waals surface area (Å²) in [5, 5.41) is 22.5. The minimum atomic E-state index is 1.20. The van der Waals surface area contributed by atoms with Gasteiger partial charge >= 0.3 is 0 Å². The van der Waals surface area contributed by atoms with Gasteiger partial charge in [-0.2, -0.15) is 0 Å². The first-order valence-electron chi connectivity index (χ1n) is 34.6. The van der Waals surface area contributed by atoms with Crippen molar-refractivity contribution in [2.75, 3.05) is 0 Å². The Morgan fingerprint density at radius 2 is 0.570 bits per heavy atom. The molecule has 0 saturated carbocycles. The van der Waals surface area contributed by atoms with Crippen LogP contribution in [0, 0.1) is 0 Å². The first-order chi connectivity index (χ1) is 49.6. The molecule has 462 valence electrons. The van der Waals surface area contributed by atoms with Crippen LogP contribution in [-0.2, 0) is 0 Å². The van der Waals surface area contributed by atoms with Gasteiger partial charge in [0.15, 0.2) is 0 Å². The Morgan fingerprint density at radius 1 is 0.170 bits per heavy atom. The Bertz CT molecular complexity index is 6840. The Kier molecular flexibility index (Phi) is 12.7. The van der Waals surface area contributed by atoms with Gasteiger partial charge in [0.05, 0.1) is 16.6 Å². The number of aromatic nitrogens is 1. The van der Waals surface area contributed by atoms with Crippen molar-refractivity contribution >= 4 is 125 Å². The third-order valence-corrected chi connectivity index (χ3v) is 22.7. The maximum Gasteiger partial charge on any atom is 0.0620 e. The van der Waals surface area contributed by atoms with Crippen molar-refractivity contribution in [1.82, 2.24) is 4.40 Å². The van der Waals surface area contributed by atoms with Crippen molar-refractivity contribution in [3.05, 3.63) is 358 Å². The SMILES string of the molecule is c1ccc(-c2ccc(-c3c4ccccc4c(-c4ccc5c6cccc7c8cc(-c9ccccc9-c9ccc(-c%10cccc(-c%11c%12ccccc%12c(-c%12ccc(-c%13cccc%14ccccc%13%14)c%13ccccc%12%13)c%12ccccc%11%12)c%10)s9)ccc8n(c5c4)c76)c4ccccc34)c3ccccc23)cc1. The number of para-hydroxylation sites is 1. The lowest BCUT2D eigenvalue weighted by Gasteiger charge is -2.20. The third kappa shape index (κ3) is 8.54. The first-order valence-corrected chi connectivity index (χ1v) is 35.4. The minimum absolute atomic E-state index is 1.20. The van der Waals surface area contributed by atoms with Gasteiger partial charge in [-0.1, -0.05) is 322 Å². The number of fused-ring (bicyclic) bond motifs is 13. The summed E-state index contributed by atoms with van der Waals surface area (Å²) >= 11 is 1.87. The van der Waals surface area contributed by atoms with Crippen molar-refractivity contribution in [2.45, 2.75) is 0 Å². The Hall–Kier alpha value is -12.7. The van der Waals surface area contributed by atoms with E-state index in [9.17, 15) is 0 Å². The molecule has 18 aromatic carbocycles. The van der Waals surface area contributed by atoms with Gasteiger partial charge in [0.2, 0.25) is 0 Å². The number of hydrogen-bond acceptors (Lipinski definition) is 1. The number of rotatable bonds is 9. The van der Waals surface area contributed by atoms with Crippen LogP contribution in [0.2, 0.25) is 0 Å². The van der Waals surface area contributed by atoms with Crippen LogP contribution in [0.1, 0.15) is 0 Å². The van der Waals surface area contributed by atoms with E-state index in [4.69, 9.17) is 0 Å². The lowest BCUT2D eigenvalue weighted by Crippen LogP contribution is -1.93. The molecule has 0 radical (unpaired) electrons. The zero-order valence-electron chi connectivity index (χ0n) is 54.4. The zero-order valence-corrected chi connectivity index (χ0v) is 55.2. The molecule has 21 aromatic rings. The molecule has 0 fully saturated rings. The molecule has 3 aromatic heterocycles. The predicted molar refractivity (Wildman–Crippen MR) is 430 cm³/mol. The Morgan fingerprint density at radius 3 is 1.20 bits per heavy atom. The first kappa shape index (κ1) is 56.5. The lowest BCUT2D eigenvalue weighted by molar-refractivity contribution is 1.37. The Labute approximate surface area is 581 Å². The fourth-order valence-electron chi connectivity index (χ4n) is 17.3. The summed E-state index contributed by atoms with van der Waals surface area (Å²) in [5.74, 6) is 0. The van der Waals surface area contributed by atoms with Crippen molar-refractivity contribution in [3.8, 4) is 98.8 Å². The van der Waals surface area contributed by atoms with E-state index in [1.807, 2.05) is 11.3 Å². The predicted octanol–water partition coefficient (Wildman–Crippen LogP) is 28.0. The minimum Gasteiger partial charge on any atom is -0.308 e. The standard InChI is InChI=1S/C98H59NS/c1-2-23-60(24-3-1)68-50-52-85(72-33-9-7-31-69(68)72)96-83-42-18-14-38-79(83)95(80-39-15-19-43-84(80)96)65-47-49-75-87-45-22-46-88-89-58-62(48-54-90(89)99(98(87)88)91(75)59-65)67-30-6-11-35-76(67)93-56-55-92(100-93)63-27-20-28-64(57-63)94-77-36-12-16-40-81(77)97(82-41-17-13-37-78(82)94)86-53-51-74(71-32-8-10-34-73(71)86)70-44-21-26-61-25-4-5-29-66(61)70/h1-59H. The fourth-order valence-corrected chi connectivity index (χ4v) is 18.3. The van der Waals surface area contributed by atoms with E-state index in [0.717, 1.165) is 0 Å². The van der Waals surface area contributed by atoms with Crippen LogP contribution in [-0.4, -0.2) is 4.40 Å². The molecule has 100 heavy (non-hydrogen) atoms. The van der Waals surface area contributed by atoms with Crippen LogP contribution >= 0.6 is 11.3 Å². The number of benzene rings is 18. The van der Waals surface area contributed by atoms with Gasteiger partial charge in [0.25, 0.3) is 0 Å². The van der Waals surface area contributed by atoms with Crippen molar-refractivity contribution < 1.29 is 0 Å².